The van der Waals surface area contributed by atoms with E-state index in [-0.39, 0.29) is 4.90 Å². The van der Waals surface area contributed by atoms with Gasteiger partial charge in [0.05, 0.1) is 16.3 Å². The van der Waals surface area contributed by atoms with Crippen LogP contribution in [0.15, 0.2) is 47.5 Å². The Morgan fingerprint density at radius 3 is 2.44 bits per heavy atom. The molecular weight excluding hydrogens is 272 g/mol. The molecule has 0 amide bonds. The van der Waals surface area contributed by atoms with Crippen molar-refractivity contribution in [2.24, 2.45) is 0 Å². The number of sulfonamides is 1. The normalized spacial score (nSPS) is 11.2. The van der Waals surface area contributed by atoms with E-state index in [0.717, 1.165) is 0 Å². The maximum atomic E-state index is 12.1. The van der Waals surface area contributed by atoms with Gasteiger partial charge in [-0.05, 0) is 43.3 Å². The van der Waals surface area contributed by atoms with Crippen molar-refractivity contribution in [3.8, 4) is 0 Å². The summed E-state index contributed by atoms with van der Waals surface area (Å²) >= 11 is 5.72. The molecule has 94 valence electrons. The van der Waals surface area contributed by atoms with E-state index in [1.54, 1.807) is 25.3 Å². The fraction of sp³-hybridized carbons (Fsp3) is 0.0833. The molecule has 1 N–H and O–H groups in total. The first-order chi connectivity index (χ1) is 8.49. The van der Waals surface area contributed by atoms with Crippen LogP contribution in [0.25, 0.3) is 0 Å². The van der Waals surface area contributed by atoms with Crippen LogP contribution in [-0.4, -0.2) is 13.4 Å². The lowest BCUT2D eigenvalue weighted by atomic mass is 10.3. The summed E-state index contributed by atoms with van der Waals surface area (Å²) in [6, 6.07) is 9.31. The molecule has 18 heavy (non-hydrogen) atoms. The van der Waals surface area contributed by atoms with E-state index in [9.17, 15) is 8.42 Å². The van der Waals surface area contributed by atoms with Crippen LogP contribution in [0, 0.1) is 6.92 Å². The van der Waals surface area contributed by atoms with E-state index < -0.39 is 10.0 Å². The molecular formula is C12H11ClN2O2S. The van der Waals surface area contributed by atoms with E-state index in [4.69, 9.17) is 11.6 Å². The number of hydrogen-bond donors (Lipinski definition) is 1. The Hall–Kier alpha value is -1.59. The summed E-state index contributed by atoms with van der Waals surface area (Å²) in [6.45, 7) is 1.74. The molecule has 2 rings (SSSR count). The van der Waals surface area contributed by atoms with E-state index in [0.29, 0.717) is 16.4 Å². The van der Waals surface area contributed by atoms with Crippen LogP contribution < -0.4 is 4.72 Å². The Morgan fingerprint density at radius 1 is 1.17 bits per heavy atom. The minimum absolute atomic E-state index is 0.162. The summed E-state index contributed by atoms with van der Waals surface area (Å²) in [4.78, 5) is 4.19. The van der Waals surface area contributed by atoms with Crippen molar-refractivity contribution in [1.82, 2.24) is 4.98 Å². The number of nitrogens with one attached hydrogen (secondary N) is 1. The Bertz CT molecular complexity index is 654. The SMILES string of the molecule is Cc1ncccc1NS(=O)(=O)c1ccc(Cl)cc1. The highest BCUT2D eigenvalue weighted by Gasteiger charge is 2.14. The number of benzene rings is 1. The van der Waals surface area contributed by atoms with Gasteiger partial charge in [-0.25, -0.2) is 8.42 Å². The van der Waals surface area contributed by atoms with Crippen LogP contribution in [0.3, 0.4) is 0 Å². The lowest BCUT2D eigenvalue weighted by molar-refractivity contribution is 0.601. The third kappa shape index (κ3) is 2.80. The molecule has 0 saturated heterocycles. The molecule has 0 aliphatic heterocycles. The Balaban J connectivity index is 2.33. The predicted molar refractivity (Wildman–Crippen MR) is 71.2 cm³/mol. The highest BCUT2D eigenvalue weighted by molar-refractivity contribution is 7.92. The molecule has 1 aromatic heterocycles. The highest BCUT2D eigenvalue weighted by Crippen LogP contribution is 2.19. The molecule has 1 aromatic carbocycles. The number of hydrogen-bond acceptors (Lipinski definition) is 3. The number of aromatic nitrogens is 1. The van der Waals surface area contributed by atoms with Gasteiger partial charge < -0.3 is 0 Å². The first kappa shape index (κ1) is 12.9. The van der Waals surface area contributed by atoms with Gasteiger partial charge in [0, 0.05) is 11.2 Å². The molecule has 2 aromatic rings. The molecule has 6 heteroatoms. The Morgan fingerprint density at radius 2 is 1.83 bits per heavy atom. The van der Waals surface area contributed by atoms with Crippen LogP contribution in [0.5, 0.6) is 0 Å². The maximum Gasteiger partial charge on any atom is 0.261 e. The van der Waals surface area contributed by atoms with Crippen LogP contribution >= 0.6 is 11.6 Å². The van der Waals surface area contributed by atoms with E-state index in [1.165, 1.54) is 24.3 Å². The second kappa shape index (κ2) is 4.96. The van der Waals surface area contributed by atoms with Crippen LogP contribution in [0.1, 0.15) is 5.69 Å². The number of rotatable bonds is 3. The van der Waals surface area contributed by atoms with Crippen molar-refractivity contribution >= 4 is 27.3 Å². The molecule has 1 heterocycles. The average molecular weight is 283 g/mol. The second-order valence-electron chi connectivity index (χ2n) is 3.70. The van der Waals surface area contributed by atoms with Crippen molar-refractivity contribution in [3.63, 3.8) is 0 Å². The molecule has 0 spiro atoms. The first-order valence-electron chi connectivity index (χ1n) is 5.19. The zero-order valence-electron chi connectivity index (χ0n) is 9.59. The third-order valence-electron chi connectivity index (χ3n) is 2.38. The molecule has 4 nitrogen and oxygen atoms in total. The molecule has 0 bridgehead atoms. The number of pyridine rings is 1. The lowest BCUT2D eigenvalue weighted by Gasteiger charge is -2.09. The molecule has 0 fully saturated rings. The topological polar surface area (TPSA) is 59.1 Å². The third-order valence-corrected chi connectivity index (χ3v) is 4.01. The van der Waals surface area contributed by atoms with Crippen LogP contribution in [0.2, 0.25) is 5.02 Å². The van der Waals surface area contributed by atoms with Gasteiger partial charge >= 0.3 is 0 Å². The monoisotopic (exact) mass is 282 g/mol. The number of nitrogens with zero attached hydrogens (tertiary/aromatic N) is 1. The zero-order valence-corrected chi connectivity index (χ0v) is 11.2. The molecule has 0 saturated carbocycles. The van der Waals surface area contributed by atoms with Crippen molar-refractivity contribution in [2.75, 3.05) is 4.72 Å². The van der Waals surface area contributed by atoms with Crippen molar-refractivity contribution < 1.29 is 8.42 Å². The fourth-order valence-corrected chi connectivity index (χ4v) is 2.65. The van der Waals surface area contributed by atoms with E-state index in [2.05, 4.69) is 9.71 Å². The molecule has 0 unspecified atom stereocenters. The van der Waals surface area contributed by atoms with Gasteiger partial charge in [0.25, 0.3) is 10.0 Å². The summed E-state index contributed by atoms with van der Waals surface area (Å²) in [5.41, 5.74) is 1.09. The Labute approximate surface area is 111 Å². The van der Waals surface area contributed by atoms with Crippen molar-refractivity contribution in [2.45, 2.75) is 11.8 Å². The molecule has 0 aliphatic carbocycles. The van der Waals surface area contributed by atoms with Crippen LogP contribution in [0.4, 0.5) is 5.69 Å². The fourth-order valence-electron chi connectivity index (χ4n) is 1.41. The maximum absolute atomic E-state index is 12.1. The summed E-state index contributed by atoms with van der Waals surface area (Å²) in [6.07, 6.45) is 1.61. The predicted octanol–water partition coefficient (Wildman–Crippen LogP) is 2.84. The number of halogens is 1. The largest absolute Gasteiger partial charge is 0.278 e. The van der Waals surface area contributed by atoms with Gasteiger partial charge in [-0.1, -0.05) is 11.6 Å². The minimum atomic E-state index is -3.60. The lowest BCUT2D eigenvalue weighted by Crippen LogP contribution is -2.13. The van der Waals surface area contributed by atoms with Gasteiger partial charge in [0.1, 0.15) is 0 Å². The van der Waals surface area contributed by atoms with E-state index >= 15 is 0 Å². The zero-order chi connectivity index (χ0) is 13.2. The summed E-state index contributed by atoms with van der Waals surface area (Å²) in [7, 11) is -3.60. The van der Waals surface area contributed by atoms with Crippen molar-refractivity contribution in [1.29, 1.82) is 0 Å². The molecule has 0 radical (unpaired) electrons. The van der Waals surface area contributed by atoms with Crippen molar-refractivity contribution in [3.05, 3.63) is 53.3 Å². The summed E-state index contributed by atoms with van der Waals surface area (Å²) < 4.78 is 26.7. The van der Waals surface area contributed by atoms with Gasteiger partial charge in [-0.15, -0.1) is 0 Å². The summed E-state index contributed by atoms with van der Waals surface area (Å²) in [5.74, 6) is 0. The van der Waals surface area contributed by atoms with Crippen LogP contribution in [-0.2, 0) is 10.0 Å². The van der Waals surface area contributed by atoms with Gasteiger partial charge in [0.2, 0.25) is 0 Å². The number of anilines is 1. The van der Waals surface area contributed by atoms with Gasteiger partial charge in [0.15, 0.2) is 0 Å². The first-order valence-corrected chi connectivity index (χ1v) is 7.05. The quantitative estimate of drug-likeness (QED) is 0.942. The molecule has 0 aliphatic rings. The standard InChI is InChI=1S/C12H11ClN2O2S/c1-9-12(3-2-8-14-9)15-18(16,17)11-6-4-10(13)5-7-11/h2-8,15H,1H3. The van der Waals surface area contributed by atoms with Gasteiger partial charge in [-0.3, -0.25) is 9.71 Å². The number of aryl methyl sites for hydroxylation is 1. The minimum Gasteiger partial charge on any atom is -0.278 e. The molecule has 0 atom stereocenters. The van der Waals surface area contributed by atoms with E-state index in [1.807, 2.05) is 0 Å². The highest BCUT2D eigenvalue weighted by atomic mass is 35.5. The van der Waals surface area contributed by atoms with Gasteiger partial charge in [-0.2, -0.15) is 0 Å². The summed E-state index contributed by atoms with van der Waals surface area (Å²) in [5, 5.41) is 0.492. The Kier molecular flexibility index (Phi) is 3.54. The second-order valence-corrected chi connectivity index (χ2v) is 5.81. The smallest absolute Gasteiger partial charge is 0.261 e. The average Bonchev–Trinajstić information content (AvgIpc) is 2.32.